The smallest absolute Gasteiger partial charge is 0.191 e. The van der Waals surface area contributed by atoms with Gasteiger partial charge in [-0.2, -0.15) is 0 Å². The maximum Gasteiger partial charge on any atom is 0.191 e. The summed E-state index contributed by atoms with van der Waals surface area (Å²) < 4.78 is 15.7. The lowest BCUT2D eigenvalue weighted by Crippen LogP contribution is -2.38. The highest BCUT2D eigenvalue weighted by atomic mass is 127. The maximum absolute atomic E-state index is 13.8. The van der Waals surface area contributed by atoms with Crippen LogP contribution >= 0.6 is 35.3 Å². The fourth-order valence-electron chi connectivity index (χ4n) is 2.61. The number of halogens is 2. The van der Waals surface area contributed by atoms with E-state index < -0.39 is 0 Å². The first-order valence-corrected chi connectivity index (χ1v) is 10.1. The molecule has 0 fully saturated rings. The van der Waals surface area contributed by atoms with Crippen LogP contribution < -0.4 is 10.6 Å². The number of rotatable bonds is 7. The molecule has 0 aliphatic heterocycles. The molecular formula is C20H26FIN6S. The second-order valence-electron chi connectivity index (χ2n) is 6.58. The van der Waals surface area contributed by atoms with Gasteiger partial charge in [0.15, 0.2) is 11.8 Å². The minimum Gasteiger partial charge on any atom is -0.356 e. The van der Waals surface area contributed by atoms with Crippen LogP contribution in [0.15, 0.2) is 40.7 Å². The molecule has 6 nitrogen and oxygen atoms in total. The second kappa shape index (κ2) is 11.2. The van der Waals surface area contributed by atoms with E-state index in [1.807, 2.05) is 24.6 Å². The number of aromatic nitrogens is 3. The van der Waals surface area contributed by atoms with E-state index in [0.29, 0.717) is 24.6 Å². The number of aliphatic imine (C=N–C) groups is 1. The maximum atomic E-state index is 13.8. The van der Waals surface area contributed by atoms with Crippen molar-refractivity contribution in [3.63, 3.8) is 0 Å². The van der Waals surface area contributed by atoms with Crippen LogP contribution in [0.1, 0.15) is 27.7 Å². The average Bonchev–Trinajstić information content (AvgIpc) is 3.31. The van der Waals surface area contributed by atoms with Crippen molar-refractivity contribution >= 4 is 41.3 Å². The molecule has 0 amide bonds. The normalized spacial score (nSPS) is 11.2. The van der Waals surface area contributed by atoms with Crippen LogP contribution in [0, 0.1) is 19.7 Å². The largest absolute Gasteiger partial charge is 0.356 e. The van der Waals surface area contributed by atoms with Crippen molar-refractivity contribution in [2.75, 3.05) is 6.54 Å². The Labute approximate surface area is 191 Å². The molecule has 0 atom stereocenters. The van der Waals surface area contributed by atoms with Gasteiger partial charge in [0.2, 0.25) is 0 Å². The van der Waals surface area contributed by atoms with Gasteiger partial charge >= 0.3 is 0 Å². The fourth-order valence-corrected chi connectivity index (χ4v) is 3.32. The molecule has 0 aliphatic rings. The van der Waals surface area contributed by atoms with E-state index in [1.165, 1.54) is 10.9 Å². The summed E-state index contributed by atoms with van der Waals surface area (Å²) in [6.07, 6.45) is 0.917. The number of nitrogens with zero attached hydrogens (tertiary/aromatic N) is 4. The minimum atomic E-state index is -0.206. The molecule has 156 valence electrons. The van der Waals surface area contributed by atoms with Crippen molar-refractivity contribution in [3.8, 4) is 0 Å². The quantitative estimate of drug-likeness (QED) is 0.279. The fraction of sp³-hybridized carbons (Fsp3) is 0.350. The number of hydrogen-bond acceptors (Lipinski definition) is 4. The Morgan fingerprint density at radius 3 is 2.69 bits per heavy atom. The lowest BCUT2D eigenvalue weighted by atomic mass is 10.1. The van der Waals surface area contributed by atoms with Crippen LogP contribution in [-0.2, 0) is 26.6 Å². The molecule has 9 heteroatoms. The standard InChI is InChI=1S/C20H25FN6S.HI/c1-14-6-7-16(11-18(14)21)12-23-20(22-9-8-17-5-4-10-28-17)24-13-19-26-25-15(2)27(19)3;/h4-7,10-11H,8-9,12-13H2,1-3H3,(H2,22,23,24);1H. The molecule has 0 spiro atoms. The van der Waals surface area contributed by atoms with Crippen molar-refractivity contribution in [2.24, 2.45) is 12.0 Å². The number of hydrogen-bond donors (Lipinski definition) is 2. The van der Waals surface area contributed by atoms with Gasteiger partial charge in [0, 0.05) is 18.5 Å². The summed E-state index contributed by atoms with van der Waals surface area (Å²) in [4.78, 5) is 5.92. The van der Waals surface area contributed by atoms with E-state index in [-0.39, 0.29) is 29.8 Å². The van der Waals surface area contributed by atoms with Crippen molar-refractivity contribution in [1.82, 2.24) is 25.4 Å². The summed E-state index contributed by atoms with van der Waals surface area (Å²) in [7, 11) is 1.93. The van der Waals surface area contributed by atoms with Crippen LogP contribution in [0.3, 0.4) is 0 Å². The monoisotopic (exact) mass is 528 g/mol. The zero-order valence-electron chi connectivity index (χ0n) is 16.8. The summed E-state index contributed by atoms with van der Waals surface area (Å²) in [5.41, 5.74) is 1.47. The lowest BCUT2D eigenvalue weighted by molar-refractivity contribution is 0.616. The van der Waals surface area contributed by atoms with Crippen molar-refractivity contribution in [3.05, 3.63) is 69.2 Å². The predicted molar refractivity (Wildman–Crippen MR) is 126 cm³/mol. The first-order valence-electron chi connectivity index (χ1n) is 9.17. The zero-order valence-corrected chi connectivity index (χ0v) is 19.9. The van der Waals surface area contributed by atoms with Gasteiger partial charge in [0.05, 0.1) is 13.1 Å². The topological polar surface area (TPSA) is 67.1 Å². The van der Waals surface area contributed by atoms with Gasteiger partial charge in [-0.3, -0.25) is 0 Å². The lowest BCUT2D eigenvalue weighted by Gasteiger charge is -2.12. The van der Waals surface area contributed by atoms with E-state index in [1.54, 1.807) is 24.3 Å². The Bertz CT molecular complexity index is 939. The highest BCUT2D eigenvalue weighted by molar-refractivity contribution is 14.0. The number of nitrogens with one attached hydrogen (secondary N) is 2. The van der Waals surface area contributed by atoms with Crippen molar-refractivity contribution in [1.29, 1.82) is 0 Å². The summed E-state index contributed by atoms with van der Waals surface area (Å²) in [5, 5.41) is 17.0. The third kappa shape index (κ3) is 6.77. The van der Waals surface area contributed by atoms with Crippen LogP contribution in [0.5, 0.6) is 0 Å². The van der Waals surface area contributed by atoms with E-state index >= 15 is 0 Å². The van der Waals surface area contributed by atoms with Crippen LogP contribution in [-0.4, -0.2) is 27.3 Å². The summed E-state index contributed by atoms with van der Waals surface area (Å²) >= 11 is 1.74. The number of thiophene rings is 1. The van der Waals surface area contributed by atoms with Gasteiger partial charge < -0.3 is 15.2 Å². The van der Waals surface area contributed by atoms with Gasteiger partial charge in [0.1, 0.15) is 11.6 Å². The molecule has 1 aromatic carbocycles. The summed E-state index contributed by atoms with van der Waals surface area (Å²) in [6.45, 7) is 5.32. The molecule has 0 saturated heterocycles. The minimum absolute atomic E-state index is 0. The highest BCUT2D eigenvalue weighted by Crippen LogP contribution is 2.10. The first-order chi connectivity index (χ1) is 13.5. The molecule has 0 saturated carbocycles. The predicted octanol–water partition coefficient (Wildman–Crippen LogP) is 3.73. The summed E-state index contributed by atoms with van der Waals surface area (Å²) in [5.74, 6) is 2.14. The second-order valence-corrected chi connectivity index (χ2v) is 7.61. The third-order valence-corrected chi connectivity index (χ3v) is 5.43. The Morgan fingerprint density at radius 2 is 2.03 bits per heavy atom. The SMILES string of the molecule is Cc1ccc(CN=C(NCCc2cccs2)NCc2nnc(C)n2C)cc1F.I. The van der Waals surface area contributed by atoms with Crippen LogP contribution in [0.4, 0.5) is 4.39 Å². The molecule has 0 radical (unpaired) electrons. The van der Waals surface area contributed by atoms with Gasteiger partial charge in [-0.05, 0) is 48.9 Å². The molecular weight excluding hydrogens is 502 g/mol. The Balaban J connectivity index is 0.00000300. The number of benzene rings is 1. The molecule has 3 rings (SSSR count). The average molecular weight is 528 g/mol. The van der Waals surface area contributed by atoms with Crippen molar-refractivity contribution in [2.45, 2.75) is 33.4 Å². The van der Waals surface area contributed by atoms with Crippen LogP contribution in [0.2, 0.25) is 0 Å². The molecule has 0 unspecified atom stereocenters. The summed E-state index contributed by atoms with van der Waals surface area (Å²) in [6, 6.07) is 9.38. The number of aryl methyl sites for hydroxylation is 2. The molecule has 3 aromatic rings. The van der Waals surface area contributed by atoms with Crippen LogP contribution in [0.25, 0.3) is 0 Å². The van der Waals surface area contributed by atoms with E-state index in [2.05, 4.69) is 43.3 Å². The Morgan fingerprint density at radius 1 is 1.21 bits per heavy atom. The van der Waals surface area contributed by atoms with Gasteiger partial charge in [-0.1, -0.05) is 18.2 Å². The molecule has 2 heterocycles. The number of guanidine groups is 1. The Hall–Kier alpha value is -2.01. The first kappa shape index (κ1) is 23.3. The molecule has 2 aromatic heterocycles. The zero-order chi connectivity index (χ0) is 19.9. The van der Waals surface area contributed by atoms with Gasteiger partial charge in [-0.15, -0.1) is 45.5 Å². The Kier molecular flexibility index (Phi) is 9.02. The van der Waals surface area contributed by atoms with Crippen molar-refractivity contribution < 1.29 is 4.39 Å². The van der Waals surface area contributed by atoms with E-state index in [9.17, 15) is 4.39 Å². The molecule has 29 heavy (non-hydrogen) atoms. The molecule has 0 aliphatic carbocycles. The third-order valence-electron chi connectivity index (χ3n) is 4.50. The van der Waals surface area contributed by atoms with Gasteiger partial charge in [-0.25, -0.2) is 9.38 Å². The molecule has 0 bridgehead atoms. The van der Waals surface area contributed by atoms with E-state index in [0.717, 1.165) is 30.2 Å². The highest BCUT2D eigenvalue weighted by Gasteiger charge is 2.07. The van der Waals surface area contributed by atoms with Gasteiger partial charge in [0.25, 0.3) is 0 Å². The van der Waals surface area contributed by atoms with E-state index in [4.69, 9.17) is 0 Å². The molecule has 2 N–H and O–H groups in total.